The minimum Gasteiger partial charge on any atom is -0.271 e. The van der Waals surface area contributed by atoms with E-state index in [0.717, 1.165) is 28.5 Å². The number of nitrogens with two attached hydrogens (primary N) is 1. The Labute approximate surface area is 117 Å². The van der Waals surface area contributed by atoms with Crippen molar-refractivity contribution in [3.8, 4) is 0 Å². The summed E-state index contributed by atoms with van der Waals surface area (Å²) in [7, 11) is 0. The molecule has 6 heteroatoms. The van der Waals surface area contributed by atoms with E-state index in [9.17, 15) is 0 Å². The number of halogens is 1. The summed E-state index contributed by atoms with van der Waals surface area (Å²) in [6, 6.07) is 5.80. The fourth-order valence-electron chi connectivity index (χ4n) is 2.15. The van der Waals surface area contributed by atoms with Crippen LogP contribution in [0.2, 0.25) is 5.02 Å². The lowest BCUT2D eigenvalue weighted by Crippen LogP contribution is -2.31. The van der Waals surface area contributed by atoms with E-state index in [2.05, 4.69) is 15.5 Å². The van der Waals surface area contributed by atoms with Crippen LogP contribution < -0.4 is 11.3 Å². The quantitative estimate of drug-likeness (QED) is 0.649. The molecular formula is C13H18ClN5. The monoisotopic (exact) mass is 279 g/mol. The maximum absolute atomic E-state index is 6.15. The molecule has 1 atom stereocenters. The normalized spacial score (nSPS) is 12.6. The van der Waals surface area contributed by atoms with Crippen molar-refractivity contribution >= 4 is 11.6 Å². The van der Waals surface area contributed by atoms with Gasteiger partial charge in [-0.2, -0.15) is 5.10 Å². The third kappa shape index (κ3) is 2.94. The van der Waals surface area contributed by atoms with Crippen LogP contribution in [0.1, 0.15) is 29.9 Å². The van der Waals surface area contributed by atoms with Gasteiger partial charge < -0.3 is 0 Å². The van der Waals surface area contributed by atoms with Crippen LogP contribution in [0.3, 0.4) is 0 Å². The van der Waals surface area contributed by atoms with Crippen LogP contribution in [0.25, 0.3) is 0 Å². The van der Waals surface area contributed by atoms with Gasteiger partial charge in [0.1, 0.15) is 12.2 Å². The molecule has 3 N–H and O–H groups in total. The van der Waals surface area contributed by atoms with Gasteiger partial charge in [0.2, 0.25) is 0 Å². The van der Waals surface area contributed by atoms with Gasteiger partial charge in [-0.05, 0) is 31.0 Å². The standard InChI is InChI=1S/C13H18ClN5/c1-3-19-13(16-8-17-19)7-12(18-15)10-5-4-6-11(14)9(10)2/h4-6,8,12,18H,3,7,15H2,1-2H3. The molecule has 1 aromatic carbocycles. The number of aryl methyl sites for hydroxylation is 1. The van der Waals surface area contributed by atoms with E-state index in [0.29, 0.717) is 6.42 Å². The largest absolute Gasteiger partial charge is 0.271 e. The van der Waals surface area contributed by atoms with E-state index in [-0.39, 0.29) is 6.04 Å². The maximum atomic E-state index is 6.15. The minimum atomic E-state index is -0.0341. The molecule has 0 saturated heterocycles. The topological polar surface area (TPSA) is 68.8 Å². The molecule has 0 bridgehead atoms. The first-order valence-electron chi connectivity index (χ1n) is 6.25. The third-order valence-electron chi connectivity index (χ3n) is 3.27. The lowest BCUT2D eigenvalue weighted by Gasteiger charge is -2.19. The van der Waals surface area contributed by atoms with Crippen LogP contribution in [-0.2, 0) is 13.0 Å². The number of nitrogens with zero attached hydrogens (tertiary/aromatic N) is 3. The number of aromatic nitrogens is 3. The van der Waals surface area contributed by atoms with Crippen LogP contribution in [0, 0.1) is 6.92 Å². The Morgan fingerprint density at radius 2 is 2.26 bits per heavy atom. The number of hydrazine groups is 1. The van der Waals surface area contributed by atoms with E-state index in [4.69, 9.17) is 17.4 Å². The summed E-state index contributed by atoms with van der Waals surface area (Å²) in [6.45, 7) is 4.82. The number of hydrogen-bond donors (Lipinski definition) is 2. The first-order valence-corrected chi connectivity index (χ1v) is 6.63. The fourth-order valence-corrected chi connectivity index (χ4v) is 2.34. The van der Waals surface area contributed by atoms with Gasteiger partial charge in [0, 0.05) is 18.0 Å². The van der Waals surface area contributed by atoms with E-state index >= 15 is 0 Å². The van der Waals surface area contributed by atoms with E-state index in [1.165, 1.54) is 0 Å². The molecule has 0 fully saturated rings. The molecule has 2 rings (SSSR count). The average molecular weight is 280 g/mol. The van der Waals surface area contributed by atoms with Crippen molar-refractivity contribution in [3.63, 3.8) is 0 Å². The van der Waals surface area contributed by atoms with Crippen molar-refractivity contribution in [1.29, 1.82) is 0 Å². The van der Waals surface area contributed by atoms with Gasteiger partial charge in [-0.15, -0.1) is 0 Å². The molecule has 0 saturated carbocycles. The second-order valence-electron chi connectivity index (χ2n) is 4.37. The highest BCUT2D eigenvalue weighted by atomic mass is 35.5. The van der Waals surface area contributed by atoms with E-state index in [1.807, 2.05) is 36.7 Å². The third-order valence-corrected chi connectivity index (χ3v) is 3.68. The Bertz CT molecular complexity index is 552. The first kappa shape index (κ1) is 14.0. The molecule has 0 radical (unpaired) electrons. The Kier molecular flexibility index (Phi) is 4.52. The van der Waals surface area contributed by atoms with Crippen LogP contribution in [0.4, 0.5) is 0 Å². The highest BCUT2D eigenvalue weighted by Gasteiger charge is 2.17. The van der Waals surface area contributed by atoms with Crippen molar-refractivity contribution in [3.05, 3.63) is 46.5 Å². The zero-order valence-electron chi connectivity index (χ0n) is 11.1. The van der Waals surface area contributed by atoms with Gasteiger partial charge in [-0.3, -0.25) is 16.0 Å². The fraction of sp³-hybridized carbons (Fsp3) is 0.385. The van der Waals surface area contributed by atoms with Crippen molar-refractivity contribution in [2.24, 2.45) is 5.84 Å². The Hall–Kier alpha value is -1.43. The minimum absolute atomic E-state index is 0.0341. The van der Waals surface area contributed by atoms with Crippen molar-refractivity contribution in [1.82, 2.24) is 20.2 Å². The zero-order chi connectivity index (χ0) is 13.8. The highest BCUT2D eigenvalue weighted by molar-refractivity contribution is 6.31. The molecular weight excluding hydrogens is 262 g/mol. The number of nitrogens with one attached hydrogen (secondary N) is 1. The molecule has 1 aromatic heterocycles. The van der Waals surface area contributed by atoms with Crippen LogP contribution in [0.5, 0.6) is 0 Å². The molecule has 0 amide bonds. The Balaban J connectivity index is 2.28. The molecule has 0 aliphatic rings. The second kappa shape index (κ2) is 6.14. The smallest absolute Gasteiger partial charge is 0.138 e. The maximum Gasteiger partial charge on any atom is 0.138 e. The highest BCUT2D eigenvalue weighted by Crippen LogP contribution is 2.25. The van der Waals surface area contributed by atoms with Crippen molar-refractivity contribution in [2.45, 2.75) is 32.9 Å². The molecule has 19 heavy (non-hydrogen) atoms. The predicted octanol–water partition coefficient (Wildman–Crippen LogP) is 2.01. The van der Waals surface area contributed by atoms with Crippen LogP contribution in [0.15, 0.2) is 24.5 Å². The summed E-state index contributed by atoms with van der Waals surface area (Å²) < 4.78 is 1.87. The summed E-state index contributed by atoms with van der Waals surface area (Å²) in [5.74, 6) is 6.59. The number of benzene rings is 1. The van der Waals surface area contributed by atoms with Crippen molar-refractivity contribution in [2.75, 3.05) is 0 Å². The second-order valence-corrected chi connectivity index (χ2v) is 4.78. The van der Waals surface area contributed by atoms with Crippen LogP contribution in [-0.4, -0.2) is 14.8 Å². The summed E-state index contributed by atoms with van der Waals surface area (Å²) >= 11 is 6.15. The van der Waals surface area contributed by atoms with Crippen molar-refractivity contribution < 1.29 is 0 Å². The molecule has 2 aromatic rings. The molecule has 0 aliphatic heterocycles. The Morgan fingerprint density at radius 3 is 2.95 bits per heavy atom. The molecule has 1 unspecified atom stereocenters. The first-order chi connectivity index (χ1) is 9.17. The Morgan fingerprint density at radius 1 is 1.47 bits per heavy atom. The SMILES string of the molecule is CCn1ncnc1CC(NN)c1cccc(Cl)c1C. The van der Waals surface area contributed by atoms with Gasteiger partial charge in [0.05, 0.1) is 6.04 Å². The molecule has 5 nitrogen and oxygen atoms in total. The van der Waals surface area contributed by atoms with Gasteiger partial charge in [-0.1, -0.05) is 23.7 Å². The number of rotatable bonds is 5. The van der Waals surface area contributed by atoms with Gasteiger partial charge in [0.15, 0.2) is 0 Å². The zero-order valence-corrected chi connectivity index (χ0v) is 11.9. The van der Waals surface area contributed by atoms with Gasteiger partial charge >= 0.3 is 0 Å². The molecule has 102 valence electrons. The lowest BCUT2D eigenvalue weighted by atomic mass is 9.99. The summed E-state index contributed by atoms with van der Waals surface area (Å²) in [4.78, 5) is 4.28. The predicted molar refractivity (Wildman–Crippen MR) is 75.7 cm³/mol. The number of hydrogen-bond acceptors (Lipinski definition) is 4. The summed E-state index contributed by atoms with van der Waals surface area (Å²) in [5, 5.41) is 4.91. The molecule has 1 heterocycles. The van der Waals surface area contributed by atoms with E-state index in [1.54, 1.807) is 6.33 Å². The van der Waals surface area contributed by atoms with Gasteiger partial charge in [0.25, 0.3) is 0 Å². The van der Waals surface area contributed by atoms with E-state index < -0.39 is 0 Å². The summed E-state index contributed by atoms with van der Waals surface area (Å²) in [6.07, 6.45) is 2.24. The molecule has 0 spiro atoms. The van der Waals surface area contributed by atoms with Crippen LogP contribution >= 0.6 is 11.6 Å². The lowest BCUT2D eigenvalue weighted by molar-refractivity contribution is 0.508. The van der Waals surface area contributed by atoms with Gasteiger partial charge in [-0.25, -0.2) is 4.98 Å². The summed E-state index contributed by atoms with van der Waals surface area (Å²) in [5.41, 5.74) is 4.96. The molecule has 0 aliphatic carbocycles. The average Bonchev–Trinajstić information content (AvgIpc) is 2.87.